The molecule has 1 aliphatic rings. The number of benzene rings is 1. The summed E-state index contributed by atoms with van der Waals surface area (Å²) >= 11 is 3.33. The molecular formula is C25H34BrN5O4. The first-order valence-electron chi connectivity index (χ1n) is 11.5. The number of piperidine rings is 1. The average molecular weight is 548 g/mol. The van der Waals surface area contributed by atoms with Gasteiger partial charge in [-0.1, -0.05) is 0 Å². The van der Waals surface area contributed by atoms with Crippen molar-refractivity contribution in [2.24, 2.45) is 0 Å². The lowest BCUT2D eigenvalue weighted by atomic mass is 10.0. The molecule has 10 heteroatoms. The second-order valence-corrected chi connectivity index (χ2v) is 10.1. The van der Waals surface area contributed by atoms with Crippen molar-refractivity contribution in [1.29, 1.82) is 5.41 Å². The molecule has 190 valence electrons. The van der Waals surface area contributed by atoms with Gasteiger partial charge in [-0.25, -0.2) is 9.78 Å². The van der Waals surface area contributed by atoms with Crippen LogP contribution in [-0.2, 0) is 11.3 Å². The zero-order valence-electron chi connectivity index (χ0n) is 20.9. The predicted octanol–water partition coefficient (Wildman–Crippen LogP) is 5.24. The normalized spacial score (nSPS) is 15.8. The van der Waals surface area contributed by atoms with Crippen LogP contribution in [0, 0.1) is 5.41 Å². The molecule has 0 bridgehead atoms. The molecule has 1 fully saturated rings. The Morgan fingerprint density at radius 2 is 2.03 bits per heavy atom. The second kappa shape index (κ2) is 11.6. The maximum absolute atomic E-state index is 12.5. The van der Waals surface area contributed by atoms with Crippen molar-refractivity contribution < 1.29 is 19.0 Å². The summed E-state index contributed by atoms with van der Waals surface area (Å²) in [6.45, 7) is 7.24. The van der Waals surface area contributed by atoms with Crippen LogP contribution in [0.3, 0.4) is 0 Å². The van der Waals surface area contributed by atoms with Gasteiger partial charge in [-0.3, -0.25) is 5.41 Å². The van der Waals surface area contributed by atoms with E-state index in [0.29, 0.717) is 42.5 Å². The van der Waals surface area contributed by atoms with Crippen molar-refractivity contribution in [3.8, 4) is 11.5 Å². The van der Waals surface area contributed by atoms with E-state index in [1.54, 1.807) is 25.3 Å². The third-order valence-electron chi connectivity index (χ3n) is 5.54. The van der Waals surface area contributed by atoms with Gasteiger partial charge in [-0.15, -0.1) is 0 Å². The third kappa shape index (κ3) is 7.24. The smallest absolute Gasteiger partial charge is 0.410 e. The molecule has 0 saturated carbocycles. The molecule has 3 rings (SSSR count). The minimum atomic E-state index is -0.534. The highest BCUT2D eigenvalue weighted by Gasteiger charge is 2.28. The molecule has 1 unspecified atom stereocenters. The van der Waals surface area contributed by atoms with Gasteiger partial charge in [-0.2, -0.15) is 0 Å². The number of carbonyl (C=O) groups is 1. The number of hydrogen-bond donors (Lipinski definition) is 3. The Morgan fingerprint density at radius 1 is 1.26 bits per heavy atom. The number of pyridine rings is 1. The number of halogens is 1. The minimum Gasteiger partial charge on any atom is -0.497 e. The Morgan fingerprint density at radius 3 is 2.69 bits per heavy atom. The SMILES string of the molecule is COc1ccc(CNc2nccc(NC3CCCN(C(=O)OC(C)(C)C)C3)c2C(=N)Br)c(OC)c1. The van der Waals surface area contributed by atoms with E-state index in [-0.39, 0.29) is 16.8 Å². The largest absolute Gasteiger partial charge is 0.497 e. The molecule has 2 heterocycles. The molecule has 0 aliphatic carbocycles. The van der Waals surface area contributed by atoms with Crippen molar-refractivity contribution in [3.05, 3.63) is 41.6 Å². The Labute approximate surface area is 215 Å². The van der Waals surface area contributed by atoms with Gasteiger partial charge in [0.1, 0.15) is 27.5 Å². The number of rotatable bonds is 8. The van der Waals surface area contributed by atoms with Gasteiger partial charge in [0.05, 0.1) is 19.8 Å². The van der Waals surface area contributed by atoms with E-state index in [4.69, 9.17) is 19.6 Å². The van der Waals surface area contributed by atoms with Gasteiger partial charge in [0, 0.05) is 49.2 Å². The van der Waals surface area contributed by atoms with Crippen molar-refractivity contribution in [2.45, 2.75) is 51.8 Å². The average Bonchev–Trinajstić information content (AvgIpc) is 2.81. The third-order valence-corrected chi connectivity index (χ3v) is 5.94. The first kappa shape index (κ1) is 26.6. The fourth-order valence-electron chi connectivity index (χ4n) is 3.92. The Hall–Kier alpha value is -3.01. The zero-order valence-corrected chi connectivity index (χ0v) is 22.5. The van der Waals surface area contributed by atoms with E-state index in [2.05, 4.69) is 31.5 Å². The molecule has 0 radical (unpaired) electrons. The molecule has 35 heavy (non-hydrogen) atoms. The first-order chi connectivity index (χ1) is 16.6. The summed E-state index contributed by atoms with van der Waals surface area (Å²) < 4.78 is 16.5. The van der Waals surface area contributed by atoms with Crippen LogP contribution in [0.15, 0.2) is 30.5 Å². The Bertz CT molecular complexity index is 1060. The van der Waals surface area contributed by atoms with E-state index in [9.17, 15) is 4.79 Å². The zero-order chi connectivity index (χ0) is 25.6. The van der Waals surface area contributed by atoms with Crippen LogP contribution in [0.1, 0.15) is 44.7 Å². The molecule has 0 spiro atoms. The predicted molar refractivity (Wildman–Crippen MR) is 141 cm³/mol. The van der Waals surface area contributed by atoms with Crippen LogP contribution in [0.4, 0.5) is 16.3 Å². The highest BCUT2D eigenvalue weighted by molar-refractivity contribution is 9.18. The van der Waals surface area contributed by atoms with Gasteiger partial charge in [0.2, 0.25) is 0 Å². The first-order valence-corrected chi connectivity index (χ1v) is 12.3. The summed E-state index contributed by atoms with van der Waals surface area (Å²) in [6, 6.07) is 7.50. The highest BCUT2D eigenvalue weighted by atomic mass is 79.9. The van der Waals surface area contributed by atoms with Crippen LogP contribution < -0.4 is 20.1 Å². The molecule has 1 saturated heterocycles. The summed E-state index contributed by atoms with van der Waals surface area (Å²) in [6.07, 6.45) is 3.17. The molecule has 3 N–H and O–H groups in total. The number of aromatic nitrogens is 1. The maximum Gasteiger partial charge on any atom is 0.410 e. The van der Waals surface area contributed by atoms with Crippen LogP contribution in [0.2, 0.25) is 0 Å². The summed E-state index contributed by atoms with van der Waals surface area (Å²) in [5, 5.41) is 15.2. The van der Waals surface area contributed by atoms with Crippen molar-refractivity contribution in [2.75, 3.05) is 37.9 Å². The Kier molecular flexibility index (Phi) is 8.82. The lowest BCUT2D eigenvalue weighted by molar-refractivity contribution is 0.0206. The number of amides is 1. The topological polar surface area (TPSA) is 109 Å². The van der Waals surface area contributed by atoms with Gasteiger partial charge < -0.3 is 29.7 Å². The number of likely N-dealkylation sites (tertiary alicyclic amines) is 1. The molecule has 1 aromatic heterocycles. The molecule has 1 aliphatic heterocycles. The number of nitrogens with zero attached hydrogens (tertiary/aromatic N) is 2. The van der Waals surface area contributed by atoms with Gasteiger partial charge >= 0.3 is 6.09 Å². The molecule has 1 amide bonds. The van der Waals surface area contributed by atoms with Crippen molar-refractivity contribution in [1.82, 2.24) is 9.88 Å². The van der Waals surface area contributed by atoms with Crippen LogP contribution in [0.25, 0.3) is 0 Å². The molecular weight excluding hydrogens is 514 g/mol. The number of methoxy groups -OCH3 is 2. The summed E-state index contributed by atoms with van der Waals surface area (Å²) in [7, 11) is 3.23. The van der Waals surface area contributed by atoms with E-state index in [0.717, 1.165) is 24.1 Å². The monoisotopic (exact) mass is 547 g/mol. The van der Waals surface area contributed by atoms with Crippen LogP contribution in [0.5, 0.6) is 11.5 Å². The fraction of sp³-hybridized carbons (Fsp3) is 0.480. The Balaban J connectivity index is 1.75. The van der Waals surface area contributed by atoms with Crippen LogP contribution in [-0.4, -0.2) is 59.6 Å². The standard InChI is InChI=1S/C25H34BrN5O4/c1-25(2,3)35-24(32)31-12-6-7-17(15-31)30-19-10-11-28-23(21(19)22(26)27)29-14-16-8-9-18(33-4)13-20(16)34-5/h8-11,13,17,27H,6-7,12,14-15H2,1-5H3,(H2,28,29,30). The highest BCUT2D eigenvalue weighted by Crippen LogP contribution is 2.29. The van der Waals surface area contributed by atoms with Gasteiger partial charge in [-0.05, 0) is 67.7 Å². The minimum absolute atomic E-state index is 0.0267. The number of carbonyl (C=O) groups excluding carboxylic acids is 1. The number of hydrogen-bond acceptors (Lipinski definition) is 8. The number of nitrogens with one attached hydrogen (secondary N) is 3. The molecule has 1 aromatic carbocycles. The van der Waals surface area contributed by atoms with Gasteiger partial charge in [0.15, 0.2) is 0 Å². The van der Waals surface area contributed by atoms with E-state index < -0.39 is 5.60 Å². The lowest BCUT2D eigenvalue weighted by Gasteiger charge is -2.35. The number of ether oxygens (including phenoxy) is 3. The van der Waals surface area contributed by atoms with Crippen LogP contribution >= 0.6 is 15.9 Å². The van der Waals surface area contributed by atoms with E-state index >= 15 is 0 Å². The second-order valence-electron chi connectivity index (χ2n) is 9.34. The maximum atomic E-state index is 12.5. The quantitative estimate of drug-likeness (QED) is 0.387. The summed E-state index contributed by atoms with van der Waals surface area (Å²) in [4.78, 5) is 18.8. The van der Waals surface area contributed by atoms with Crippen molar-refractivity contribution in [3.63, 3.8) is 0 Å². The number of anilines is 2. The van der Waals surface area contributed by atoms with Gasteiger partial charge in [0.25, 0.3) is 0 Å². The fourth-order valence-corrected chi connectivity index (χ4v) is 4.32. The summed E-state index contributed by atoms with van der Waals surface area (Å²) in [5.74, 6) is 1.98. The van der Waals surface area contributed by atoms with E-state index in [1.165, 1.54) is 0 Å². The molecule has 9 nitrogen and oxygen atoms in total. The molecule has 2 aromatic rings. The van der Waals surface area contributed by atoms with Crippen molar-refractivity contribution >= 4 is 38.1 Å². The summed E-state index contributed by atoms with van der Waals surface area (Å²) in [5.41, 5.74) is 1.78. The lowest BCUT2D eigenvalue weighted by Crippen LogP contribution is -2.47. The van der Waals surface area contributed by atoms with E-state index in [1.807, 2.05) is 45.0 Å². The molecule has 1 atom stereocenters.